The summed E-state index contributed by atoms with van der Waals surface area (Å²) in [5, 5.41) is 11.8. The average Bonchev–Trinajstić information content (AvgIpc) is 2.24. The second-order valence-electron chi connectivity index (χ2n) is 4.19. The fourth-order valence-electron chi connectivity index (χ4n) is 1.42. The van der Waals surface area contributed by atoms with Gasteiger partial charge in [0, 0.05) is 13.1 Å². The van der Waals surface area contributed by atoms with Crippen LogP contribution in [0.3, 0.4) is 0 Å². The summed E-state index contributed by atoms with van der Waals surface area (Å²) in [5.74, 6) is -0.0204. The van der Waals surface area contributed by atoms with Crippen LogP contribution in [-0.4, -0.2) is 52.6 Å². The topological polar surface area (TPSA) is 69.6 Å². The molecule has 0 atom stereocenters. The fourth-order valence-corrected chi connectivity index (χ4v) is 1.85. The summed E-state index contributed by atoms with van der Waals surface area (Å²) >= 11 is 1.72. The molecule has 0 aromatic heterocycles. The summed E-state index contributed by atoms with van der Waals surface area (Å²) in [6.45, 7) is 5.77. The molecule has 0 aliphatic heterocycles. The number of hydrogen-bond donors (Lipinski definition) is 2. The molecule has 0 aromatic rings. The van der Waals surface area contributed by atoms with Gasteiger partial charge in [-0.05, 0) is 39.2 Å². The lowest BCUT2D eigenvalue weighted by Gasteiger charge is -2.34. The lowest BCUT2D eigenvalue weighted by Crippen LogP contribution is -2.56. The third kappa shape index (κ3) is 4.85. The smallest absolute Gasteiger partial charge is 0.329 e. The Bertz CT molecular complexity index is 269. The van der Waals surface area contributed by atoms with Crippen molar-refractivity contribution in [1.29, 1.82) is 0 Å². The Morgan fingerprint density at radius 2 is 2.00 bits per heavy atom. The molecule has 0 fully saturated rings. The number of carbonyl (C=O) groups is 2. The minimum Gasteiger partial charge on any atom is -0.480 e. The van der Waals surface area contributed by atoms with E-state index in [9.17, 15) is 9.59 Å². The van der Waals surface area contributed by atoms with Crippen LogP contribution >= 0.6 is 11.8 Å². The summed E-state index contributed by atoms with van der Waals surface area (Å²) < 4.78 is 0. The maximum absolute atomic E-state index is 11.8. The number of aliphatic carboxylic acids is 1. The van der Waals surface area contributed by atoms with Crippen molar-refractivity contribution in [3.63, 3.8) is 0 Å². The summed E-state index contributed by atoms with van der Waals surface area (Å²) in [6, 6.07) is -0.319. The van der Waals surface area contributed by atoms with E-state index in [1.54, 1.807) is 18.7 Å². The van der Waals surface area contributed by atoms with Gasteiger partial charge in [0.25, 0.3) is 0 Å². The predicted molar refractivity (Wildman–Crippen MR) is 70.5 cm³/mol. The number of hydrogen-bond acceptors (Lipinski definition) is 3. The van der Waals surface area contributed by atoms with Gasteiger partial charge in [0.1, 0.15) is 5.54 Å². The fraction of sp³-hybridized carbons (Fsp3) is 0.818. The molecular formula is C11H22N2O3S. The van der Waals surface area contributed by atoms with E-state index in [0.29, 0.717) is 13.1 Å². The first-order valence-electron chi connectivity index (χ1n) is 5.65. The first kappa shape index (κ1) is 16.1. The highest BCUT2D eigenvalue weighted by molar-refractivity contribution is 7.98. The Hall–Kier alpha value is -0.910. The number of likely N-dealkylation sites (N-methyl/N-ethyl adjacent to an activating group) is 1. The molecule has 0 radical (unpaired) electrons. The van der Waals surface area contributed by atoms with Gasteiger partial charge in [-0.15, -0.1) is 0 Å². The number of thioether (sulfide) groups is 1. The Morgan fingerprint density at radius 1 is 1.41 bits per heavy atom. The second kappa shape index (κ2) is 7.42. The van der Waals surface area contributed by atoms with E-state index in [2.05, 4.69) is 5.32 Å². The molecule has 17 heavy (non-hydrogen) atoms. The molecule has 0 rings (SSSR count). The predicted octanol–water partition coefficient (Wildman–Crippen LogP) is 1.63. The van der Waals surface area contributed by atoms with Crippen molar-refractivity contribution in [3.05, 3.63) is 0 Å². The van der Waals surface area contributed by atoms with Crippen molar-refractivity contribution in [2.45, 2.75) is 32.7 Å². The number of amides is 2. The molecule has 0 aliphatic rings. The van der Waals surface area contributed by atoms with E-state index in [0.717, 1.165) is 12.2 Å². The zero-order valence-corrected chi connectivity index (χ0v) is 11.8. The lowest BCUT2D eigenvalue weighted by molar-refractivity contribution is -0.147. The van der Waals surface area contributed by atoms with Gasteiger partial charge in [-0.1, -0.05) is 0 Å². The van der Waals surface area contributed by atoms with Crippen molar-refractivity contribution in [3.8, 4) is 0 Å². The number of carboxylic acids is 1. The number of nitrogens with one attached hydrogen (secondary N) is 1. The molecule has 2 amide bonds. The van der Waals surface area contributed by atoms with E-state index in [1.165, 1.54) is 18.7 Å². The van der Waals surface area contributed by atoms with E-state index >= 15 is 0 Å². The number of carboxylic acid groups (broad SMARTS) is 1. The van der Waals surface area contributed by atoms with E-state index < -0.39 is 11.5 Å². The highest BCUT2D eigenvalue weighted by Gasteiger charge is 2.36. The first-order chi connectivity index (χ1) is 7.87. The summed E-state index contributed by atoms with van der Waals surface area (Å²) in [7, 11) is 0. The number of urea groups is 1. The van der Waals surface area contributed by atoms with Gasteiger partial charge in [0.05, 0.1) is 0 Å². The molecule has 5 nitrogen and oxygen atoms in total. The van der Waals surface area contributed by atoms with Crippen molar-refractivity contribution < 1.29 is 14.7 Å². The van der Waals surface area contributed by atoms with Crippen LogP contribution in [0, 0.1) is 0 Å². The maximum atomic E-state index is 11.8. The molecule has 0 bridgehead atoms. The van der Waals surface area contributed by atoms with Crippen molar-refractivity contribution >= 4 is 23.8 Å². The lowest BCUT2D eigenvalue weighted by atomic mass is 10.0. The normalized spacial score (nSPS) is 11.1. The van der Waals surface area contributed by atoms with Crippen LogP contribution in [0.4, 0.5) is 4.79 Å². The van der Waals surface area contributed by atoms with E-state index in [1.807, 2.05) is 6.26 Å². The van der Waals surface area contributed by atoms with Crippen molar-refractivity contribution in [1.82, 2.24) is 10.2 Å². The molecule has 0 aliphatic carbocycles. The van der Waals surface area contributed by atoms with Crippen LogP contribution in [0.15, 0.2) is 0 Å². The monoisotopic (exact) mass is 262 g/mol. The number of carbonyl (C=O) groups excluding carboxylic acids is 1. The molecule has 2 N–H and O–H groups in total. The molecule has 0 aromatic carbocycles. The summed E-state index contributed by atoms with van der Waals surface area (Å²) in [6.07, 6.45) is 2.89. The Kier molecular flexibility index (Phi) is 7.03. The molecule has 100 valence electrons. The Balaban J connectivity index is 4.36. The summed E-state index contributed by atoms with van der Waals surface area (Å²) in [5.41, 5.74) is -1.18. The van der Waals surface area contributed by atoms with Gasteiger partial charge in [-0.25, -0.2) is 9.59 Å². The third-order valence-corrected chi connectivity index (χ3v) is 3.26. The van der Waals surface area contributed by atoms with E-state index in [-0.39, 0.29) is 6.03 Å². The largest absolute Gasteiger partial charge is 0.480 e. The van der Waals surface area contributed by atoms with Crippen molar-refractivity contribution in [2.24, 2.45) is 0 Å². The first-order valence-corrected chi connectivity index (χ1v) is 7.05. The van der Waals surface area contributed by atoms with Gasteiger partial charge in [-0.3, -0.25) is 0 Å². The standard InChI is InChI=1S/C11H22N2O3S/c1-5-13(11(2,3)9(14)15)10(16)12-7-6-8-17-4/h5-8H2,1-4H3,(H,12,16)(H,14,15). The SMILES string of the molecule is CCN(C(=O)NCCCSC)C(C)(C)C(=O)O. The van der Waals surface area contributed by atoms with Gasteiger partial charge in [0.2, 0.25) is 0 Å². The van der Waals surface area contributed by atoms with Gasteiger partial charge < -0.3 is 15.3 Å². The van der Waals surface area contributed by atoms with Gasteiger partial charge >= 0.3 is 12.0 Å². The van der Waals surface area contributed by atoms with Crippen LogP contribution in [-0.2, 0) is 4.79 Å². The molecule has 0 saturated heterocycles. The van der Waals surface area contributed by atoms with Gasteiger partial charge in [0.15, 0.2) is 0 Å². The zero-order chi connectivity index (χ0) is 13.5. The maximum Gasteiger partial charge on any atom is 0.329 e. The van der Waals surface area contributed by atoms with Crippen LogP contribution in [0.1, 0.15) is 27.2 Å². The second-order valence-corrected chi connectivity index (χ2v) is 5.17. The summed E-state index contributed by atoms with van der Waals surface area (Å²) in [4.78, 5) is 24.2. The average molecular weight is 262 g/mol. The Labute approximate surface area is 107 Å². The molecule has 0 heterocycles. The van der Waals surface area contributed by atoms with Crippen molar-refractivity contribution in [2.75, 3.05) is 25.1 Å². The molecule has 0 spiro atoms. The highest BCUT2D eigenvalue weighted by atomic mass is 32.2. The molecular weight excluding hydrogens is 240 g/mol. The number of nitrogens with zero attached hydrogens (tertiary/aromatic N) is 1. The van der Waals surface area contributed by atoms with Gasteiger partial charge in [-0.2, -0.15) is 11.8 Å². The molecule has 6 heteroatoms. The van der Waals surface area contributed by atoms with E-state index in [4.69, 9.17) is 5.11 Å². The van der Waals surface area contributed by atoms with Crippen LogP contribution in [0.5, 0.6) is 0 Å². The molecule has 0 saturated carbocycles. The van der Waals surface area contributed by atoms with Crippen LogP contribution in [0.25, 0.3) is 0 Å². The highest BCUT2D eigenvalue weighted by Crippen LogP contribution is 2.14. The van der Waals surface area contributed by atoms with Crippen LogP contribution < -0.4 is 5.32 Å². The Morgan fingerprint density at radius 3 is 2.41 bits per heavy atom. The van der Waals surface area contributed by atoms with Crippen LogP contribution in [0.2, 0.25) is 0 Å². The minimum atomic E-state index is -1.18. The molecule has 0 unspecified atom stereocenters. The zero-order valence-electron chi connectivity index (χ0n) is 10.9. The minimum absolute atomic E-state index is 0.319. The number of rotatable bonds is 7. The third-order valence-electron chi connectivity index (χ3n) is 2.56. The quantitative estimate of drug-likeness (QED) is 0.684.